The van der Waals surface area contributed by atoms with Crippen molar-refractivity contribution in [2.75, 3.05) is 20.6 Å². The minimum absolute atomic E-state index is 0.688. The fourth-order valence-corrected chi connectivity index (χ4v) is 3.24. The van der Waals surface area contributed by atoms with Gasteiger partial charge in [0, 0.05) is 24.7 Å². The molecular formula is C15H26N2O. The lowest BCUT2D eigenvalue weighted by atomic mass is 9.78. The van der Waals surface area contributed by atoms with Crippen molar-refractivity contribution in [2.45, 2.75) is 38.8 Å². The first-order valence-corrected chi connectivity index (χ1v) is 7.06. The van der Waals surface area contributed by atoms with Crippen molar-refractivity contribution in [1.29, 1.82) is 0 Å². The molecule has 3 unspecified atom stereocenters. The highest BCUT2D eigenvalue weighted by molar-refractivity contribution is 5.04. The van der Waals surface area contributed by atoms with Crippen molar-refractivity contribution in [3.63, 3.8) is 0 Å². The molecule has 0 aliphatic heterocycles. The van der Waals surface area contributed by atoms with Gasteiger partial charge in [-0.15, -0.1) is 0 Å². The van der Waals surface area contributed by atoms with E-state index in [0.717, 1.165) is 18.4 Å². The van der Waals surface area contributed by atoms with Gasteiger partial charge in [0.1, 0.15) is 0 Å². The Kier molecular flexibility index (Phi) is 4.84. The molecule has 0 spiro atoms. The first-order chi connectivity index (χ1) is 8.69. The van der Waals surface area contributed by atoms with Crippen molar-refractivity contribution in [3.8, 4) is 0 Å². The molecular weight excluding hydrogens is 224 g/mol. The van der Waals surface area contributed by atoms with Crippen molar-refractivity contribution < 1.29 is 4.42 Å². The maximum Gasteiger partial charge on any atom is 0.0947 e. The van der Waals surface area contributed by atoms with Crippen LogP contribution in [0.4, 0.5) is 0 Å². The molecule has 0 bridgehead atoms. The van der Waals surface area contributed by atoms with Crippen LogP contribution >= 0.6 is 0 Å². The van der Waals surface area contributed by atoms with Crippen LogP contribution in [0, 0.1) is 11.8 Å². The first-order valence-electron chi connectivity index (χ1n) is 7.06. The maximum atomic E-state index is 5.13. The summed E-state index contributed by atoms with van der Waals surface area (Å²) in [7, 11) is 4.31. The van der Waals surface area contributed by atoms with E-state index in [1.807, 2.05) is 6.26 Å². The molecule has 1 N–H and O–H groups in total. The van der Waals surface area contributed by atoms with E-state index < -0.39 is 0 Å². The molecule has 2 rings (SSSR count). The van der Waals surface area contributed by atoms with Crippen LogP contribution in [0.15, 0.2) is 23.0 Å². The predicted molar refractivity (Wildman–Crippen MR) is 74.4 cm³/mol. The van der Waals surface area contributed by atoms with Gasteiger partial charge in [0.05, 0.1) is 12.5 Å². The second-order valence-corrected chi connectivity index (χ2v) is 5.90. The van der Waals surface area contributed by atoms with E-state index in [0.29, 0.717) is 6.04 Å². The van der Waals surface area contributed by atoms with E-state index in [9.17, 15) is 0 Å². The summed E-state index contributed by atoms with van der Waals surface area (Å²) in [5.41, 5.74) is 1.27. The summed E-state index contributed by atoms with van der Waals surface area (Å²) >= 11 is 0. The number of rotatable bonds is 5. The minimum Gasteiger partial charge on any atom is -0.472 e. The van der Waals surface area contributed by atoms with E-state index in [1.165, 1.54) is 31.4 Å². The lowest BCUT2D eigenvalue weighted by Crippen LogP contribution is -2.43. The van der Waals surface area contributed by atoms with Crippen LogP contribution in [-0.4, -0.2) is 31.6 Å². The molecule has 1 fully saturated rings. The van der Waals surface area contributed by atoms with Gasteiger partial charge >= 0.3 is 0 Å². The normalized spacial score (nSPS) is 28.8. The van der Waals surface area contributed by atoms with Crippen LogP contribution in [0.1, 0.15) is 31.7 Å². The molecule has 3 heteroatoms. The topological polar surface area (TPSA) is 28.4 Å². The Hall–Kier alpha value is -0.800. The van der Waals surface area contributed by atoms with Crippen LogP contribution in [0.5, 0.6) is 0 Å². The van der Waals surface area contributed by atoms with Gasteiger partial charge in [-0.1, -0.05) is 6.92 Å². The molecule has 0 radical (unpaired) electrons. The minimum atomic E-state index is 0.688. The number of hydrogen-bond acceptors (Lipinski definition) is 3. The van der Waals surface area contributed by atoms with Gasteiger partial charge < -0.3 is 14.6 Å². The van der Waals surface area contributed by atoms with E-state index >= 15 is 0 Å². The fraction of sp³-hybridized carbons (Fsp3) is 0.733. The molecule has 0 amide bonds. The van der Waals surface area contributed by atoms with Crippen molar-refractivity contribution in [2.24, 2.45) is 11.8 Å². The Labute approximate surface area is 111 Å². The Morgan fingerprint density at radius 2 is 2.28 bits per heavy atom. The van der Waals surface area contributed by atoms with Crippen LogP contribution in [-0.2, 0) is 6.54 Å². The molecule has 18 heavy (non-hydrogen) atoms. The highest BCUT2D eigenvalue weighted by Gasteiger charge is 2.28. The summed E-state index contributed by atoms with van der Waals surface area (Å²) in [4.78, 5) is 2.41. The monoisotopic (exact) mass is 250 g/mol. The highest BCUT2D eigenvalue weighted by Crippen LogP contribution is 2.29. The molecule has 3 nitrogen and oxygen atoms in total. The van der Waals surface area contributed by atoms with Gasteiger partial charge in [-0.05, 0) is 51.3 Å². The van der Waals surface area contributed by atoms with E-state index in [-0.39, 0.29) is 0 Å². The van der Waals surface area contributed by atoms with Gasteiger partial charge in [-0.25, -0.2) is 0 Å². The van der Waals surface area contributed by atoms with Gasteiger partial charge in [0.15, 0.2) is 0 Å². The summed E-state index contributed by atoms with van der Waals surface area (Å²) in [6.45, 7) is 4.54. The van der Waals surface area contributed by atoms with Gasteiger partial charge in [-0.2, -0.15) is 0 Å². The maximum absolute atomic E-state index is 5.13. The lowest BCUT2D eigenvalue weighted by molar-refractivity contribution is 0.162. The van der Waals surface area contributed by atoms with E-state index in [2.05, 4.69) is 37.3 Å². The molecule has 1 aromatic rings. The third kappa shape index (κ3) is 3.59. The van der Waals surface area contributed by atoms with E-state index in [1.54, 1.807) is 6.26 Å². The summed E-state index contributed by atoms with van der Waals surface area (Å²) < 4.78 is 5.13. The largest absolute Gasteiger partial charge is 0.472 e. The smallest absolute Gasteiger partial charge is 0.0947 e. The molecule has 1 aromatic heterocycles. The van der Waals surface area contributed by atoms with E-state index in [4.69, 9.17) is 4.42 Å². The molecule has 1 heterocycles. The highest BCUT2D eigenvalue weighted by atomic mass is 16.3. The molecule has 102 valence electrons. The molecule has 1 saturated carbocycles. The summed E-state index contributed by atoms with van der Waals surface area (Å²) in [6.07, 6.45) is 7.63. The average Bonchev–Trinajstić information content (AvgIpc) is 2.82. The van der Waals surface area contributed by atoms with Crippen LogP contribution in [0.2, 0.25) is 0 Å². The Bertz CT molecular complexity index is 336. The number of hydrogen-bond donors (Lipinski definition) is 1. The third-order valence-electron chi connectivity index (χ3n) is 4.19. The molecule has 0 saturated heterocycles. The zero-order valence-electron chi connectivity index (χ0n) is 11.9. The summed E-state index contributed by atoms with van der Waals surface area (Å²) in [5, 5.41) is 3.49. The standard InChI is InChI=1S/C15H26N2O/c1-12-4-5-15(16-2)14(8-12)10-17(3)9-13-6-7-18-11-13/h6-7,11-12,14-16H,4-5,8-10H2,1-3H3. The second kappa shape index (κ2) is 6.39. The number of furan rings is 1. The summed E-state index contributed by atoms with van der Waals surface area (Å²) in [5.74, 6) is 1.65. The molecule has 1 aliphatic carbocycles. The van der Waals surface area contributed by atoms with Crippen LogP contribution in [0.3, 0.4) is 0 Å². The predicted octanol–water partition coefficient (Wildman–Crippen LogP) is 2.74. The number of nitrogens with one attached hydrogen (secondary N) is 1. The zero-order valence-corrected chi connectivity index (χ0v) is 11.9. The molecule has 0 aromatic carbocycles. The van der Waals surface area contributed by atoms with Crippen molar-refractivity contribution in [3.05, 3.63) is 24.2 Å². The van der Waals surface area contributed by atoms with Crippen LogP contribution in [0.25, 0.3) is 0 Å². The van der Waals surface area contributed by atoms with Crippen molar-refractivity contribution in [1.82, 2.24) is 10.2 Å². The SMILES string of the molecule is CNC1CCC(C)CC1CN(C)Cc1ccoc1. The fourth-order valence-electron chi connectivity index (χ4n) is 3.24. The van der Waals surface area contributed by atoms with Crippen molar-refractivity contribution >= 4 is 0 Å². The molecule has 1 aliphatic rings. The molecule has 3 atom stereocenters. The average molecular weight is 250 g/mol. The second-order valence-electron chi connectivity index (χ2n) is 5.90. The van der Waals surface area contributed by atoms with Gasteiger partial charge in [0.2, 0.25) is 0 Å². The van der Waals surface area contributed by atoms with Crippen LogP contribution < -0.4 is 5.32 Å². The number of nitrogens with zero attached hydrogens (tertiary/aromatic N) is 1. The Morgan fingerprint density at radius 1 is 1.44 bits per heavy atom. The van der Waals surface area contributed by atoms with Gasteiger partial charge in [-0.3, -0.25) is 0 Å². The third-order valence-corrected chi connectivity index (χ3v) is 4.19. The Morgan fingerprint density at radius 3 is 2.94 bits per heavy atom. The lowest BCUT2D eigenvalue weighted by Gasteiger charge is -2.37. The first kappa shape index (κ1) is 13.6. The quantitative estimate of drug-likeness (QED) is 0.871. The van der Waals surface area contributed by atoms with Gasteiger partial charge in [0.25, 0.3) is 0 Å². The zero-order chi connectivity index (χ0) is 13.0. The Balaban J connectivity index is 1.86. The summed E-state index contributed by atoms with van der Waals surface area (Å²) in [6, 6.07) is 2.74.